The summed E-state index contributed by atoms with van der Waals surface area (Å²) in [6, 6.07) is 16.6. The number of carbonyl (C=O) groups is 1. The summed E-state index contributed by atoms with van der Waals surface area (Å²) in [6.07, 6.45) is 3.48. The van der Waals surface area contributed by atoms with Gasteiger partial charge >= 0.3 is 0 Å². The molecule has 0 saturated carbocycles. The molecular weight excluding hydrogens is 374 g/mol. The van der Waals surface area contributed by atoms with Gasteiger partial charge in [0.25, 0.3) is 5.91 Å². The fourth-order valence-corrected chi connectivity index (χ4v) is 3.64. The Bertz CT molecular complexity index is 881. The quantitative estimate of drug-likeness (QED) is 0.491. The van der Waals surface area contributed by atoms with Crippen molar-refractivity contribution in [3.05, 3.63) is 72.8 Å². The third-order valence-electron chi connectivity index (χ3n) is 4.27. The highest BCUT2D eigenvalue weighted by atomic mass is 32.2. The number of sulfonamides is 1. The van der Waals surface area contributed by atoms with Crippen LogP contribution in [0, 0.1) is 0 Å². The van der Waals surface area contributed by atoms with Crippen LogP contribution in [0.15, 0.2) is 67.3 Å². The van der Waals surface area contributed by atoms with Gasteiger partial charge in [0.1, 0.15) is 0 Å². The smallest absolute Gasteiger partial charge is 0.251 e. The molecule has 1 amide bonds. The highest BCUT2D eigenvalue weighted by Gasteiger charge is 2.16. The zero-order chi connectivity index (χ0) is 20.6. The van der Waals surface area contributed by atoms with Crippen LogP contribution in [0.4, 0.5) is 11.4 Å². The molecule has 7 heteroatoms. The monoisotopic (exact) mass is 401 g/mol. The minimum Gasteiger partial charge on any atom is -0.375 e. The second kappa shape index (κ2) is 9.94. The topological polar surface area (TPSA) is 69.7 Å². The van der Waals surface area contributed by atoms with Crippen LogP contribution in [0.2, 0.25) is 0 Å². The second-order valence-electron chi connectivity index (χ2n) is 6.50. The Labute approximate surface area is 167 Å². The van der Waals surface area contributed by atoms with E-state index >= 15 is 0 Å². The molecule has 0 heterocycles. The van der Waals surface area contributed by atoms with E-state index in [0.717, 1.165) is 24.9 Å². The number of anilines is 2. The number of hydrogen-bond donors (Lipinski definition) is 1. The van der Waals surface area contributed by atoms with Gasteiger partial charge in [0.15, 0.2) is 0 Å². The van der Waals surface area contributed by atoms with Gasteiger partial charge in [-0.3, -0.25) is 9.10 Å². The molecule has 6 nitrogen and oxygen atoms in total. The van der Waals surface area contributed by atoms with Crippen LogP contribution in [-0.4, -0.2) is 47.3 Å². The van der Waals surface area contributed by atoms with Crippen LogP contribution in [0.5, 0.6) is 0 Å². The zero-order valence-electron chi connectivity index (χ0n) is 16.3. The van der Waals surface area contributed by atoms with E-state index < -0.39 is 10.0 Å². The largest absolute Gasteiger partial charge is 0.375 e. The maximum Gasteiger partial charge on any atom is 0.251 e. The van der Waals surface area contributed by atoms with Crippen LogP contribution < -0.4 is 14.5 Å². The van der Waals surface area contributed by atoms with Crippen LogP contribution in [0.3, 0.4) is 0 Å². The van der Waals surface area contributed by atoms with Gasteiger partial charge in [-0.25, -0.2) is 8.42 Å². The molecule has 1 N–H and O–H groups in total. The summed E-state index contributed by atoms with van der Waals surface area (Å²) in [5.74, 6) is -0.177. The number of nitrogens with zero attached hydrogens (tertiary/aromatic N) is 2. The molecule has 2 aromatic rings. The van der Waals surface area contributed by atoms with Gasteiger partial charge in [-0.15, -0.1) is 6.58 Å². The van der Waals surface area contributed by atoms with Gasteiger partial charge in [-0.2, -0.15) is 0 Å². The van der Waals surface area contributed by atoms with Gasteiger partial charge in [0.2, 0.25) is 10.0 Å². The van der Waals surface area contributed by atoms with E-state index in [1.807, 2.05) is 37.4 Å². The molecule has 0 aliphatic carbocycles. The molecule has 0 atom stereocenters. The predicted molar refractivity (Wildman–Crippen MR) is 115 cm³/mol. The number of para-hydroxylation sites is 1. The number of amides is 1. The molecule has 0 fully saturated rings. The molecule has 0 radical (unpaired) electrons. The van der Waals surface area contributed by atoms with Crippen molar-refractivity contribution < 1.29 is 13.2 Å². The van der Waals surface area contributed by atoms with Crippen LogP contribution in [0.25, 0.3) is 0 Å². The van der Waals surface area contributed by atoms with Crippen molar-refractivity contribution in [2.24, 2.45) is 0 Å². The van der Waals surface area contributed by atoms with Crippen molar-refractivity contribution in [1.29, 1.82) is 0 Å². The van der Waals surface area contributed by atoms with Crippen LogP contribution in [-0.2, 0) is 10.0 Å². The lowest BCUT2D eigenvalue weighted by Gasteiger charge is -2.21. The van der Waals surface area contributed by atoms with E-state index in [0.29, 0.717) is 17.8 Å². The van der Waals surface area contributed by atoms with E-state index in [2.05, 4.69) is 16.8 Å². The molecule has 0 unspecified atom stereocenters. The van der Waals surface area contributed by atoms with Crippen molar-refractivity contribution >= 4 is 27.3 Å². The molecule has 0 saturated heterocycles. The first kappa shape index (κ1) is 21.5. The number of nitrogens with one attached hydrogen (secondary N) is 1. The standard InChI is InChI=1S/C21H27N3O3S/c1-4-16-24(28(3,26)27)20-13-11-18(12-14-20)21(25)22-15-8-17-23(2)19-9-6-5-7-10-19/h4-7,9-14H,1,8,15-17H2,2-3H3,(H,22,25). The van der Waals surface area contributed by atoms with E-state index in [-0.39, 0.29) is 12.5 Å². The lowest BCUT2D eigenvalue weighted by atomic mass is 10.2. The lowest BCUT2D eigenvalue weighted by Crippen LogP contribution is -2.30. The van der Waals surface area contributed by atoms with Gasteiger partial charge in [-0.05, 0) is 42.8 Å². The van der Waals surface area contributed by atoms with E-state index in [4.69, 9.17) is 0 Å². The maximum atomic E-state index is 12.3. The van der Waals surface area contributed by atoms with Crippen LogP contribution in [0.1, 0.15) is 16.8 Å². The van der Waals surface area contributed by atoms with Crippen molar-refractivity contribution in [3.63, 3.8) is 0 Å². The number of benzene rings is 2. The average molecular weight is 402 g/mol. The molecule has 0 aliphatic heterocycles. The van der Waals surface area contributed by atoms with Crippen molar-refractivity contribution in [2.45, 2.75) is 6.42 Å². The number of hydrogen-bond acceptors (Lipinski definition) is 4. The molecule has 0 bridgehead atoms. The highest BCUT2D eigenvalue weighted by molar-refractivity contribution is 7.92. The summed E-state index contributed by atoms with van der Waals surface area (Å²) in [5, 5.41) is 2.90. The molecule has 0 spiro atoms. The zero-order valence-corrected chi connectivity index (χ0v) is 17.2. The first-order valence-electron chi connectivity index (χ1n) is 9.06. The fraction of sp³-hybridized carbons (Fsp3) is 0.286. The Morgan fingerprint density at radius 1 is 1.07 bits per heavy atom. The third-order valence-corrected chi connectivity index (χ3v) is 5.43. The van der Waals surface area contributed by atoms with Gasteiger partial charge < -0.3 is 10.2 Å². The van der Waals surface area contributed by atoms with Crippen molar-refractivity contribution in [1.82, 2.24) is 5.32 Å². The summed E-state index contributed by atoms with van der Waals surface area (Å²) in [5.41, 5.74) is 2.13. The second-order valence-corrected chi connectivity index (χ2v) is 8.40. The number of rotatable bonds is 10. The summed E-state index contributed by atoms with van der Waals surface area (Å²) in [7, 11) is -1.38. The maximum absolute atomic E-state index is 12.3. The Balaban J connectivity index is 1.86. The SMILES string of the molecule is C=CCN(c1ccc(C(=O)NCCCN(C)c2ccccc2)cc1)S(C)(=O)=O. The first-order chi connectivity index (χ1) is 13.3. The minimum absolute atomic E-state index is 0.177. The number of carbonyl (C=O) groups excluding carboxylic acids is 1. The van der Waals surface area contributed by atoms with Gasteiger partial charge in [0.05, 0.1) is 18.5 Å². The molecule has 28 heavy (non-hydrogen) atoms. The van der Waals surface area contributed by atoms with Crippen molar-refractivity contribution in [3.8, 4) is 0 Å². The van der Waals surface area contributed by atoms with Crippen molar-refractivity contribution in [2.75, 3.05) is 42.1 Å². The third kappa shape index (κ3) is 6.13. The van der Waals surface area contributed by atoms with E-state index in [1.54, 1.807) is 24.3 Å². The molecule has 150 valence electrons. The average Bonchev–Trinajstić information content (AvgIpc) is 2.69. The Morgan fingerprint density at radius 2 is 1.71 bits per heavy atom. The van der Waals surface area contributed by atoms with Gasteiger partial charge in [0, 0.05) is 31.4 Å². The van der Waals surface area contributed by atoms with E-state index in [1.165, 1.54) is 10.4 Å². The summed E-state index contributed by atoms with van der Waals surface area (Å²) >= 11 is 0. The molecular formula is C21H27N3O3S. The summed E-state index contributed by atoms with van der Waals surface area (Å²) in [6.45, 7) is 5.15. The lowest BCUT2D eigenvalue weighted by molar-refractivity contribution is 0.0953. The first-order valence-corrected chi connectivity index (χ1v) is 10.9. The molecule has 0 aliphatic rings. The van der Waals surface area contributed by atoms with Crippen LogP contribution >= 0.6 is 0 Å². The minimum atomic E-state index is -3.41. The van der Waals surface area contributed by atoms with Gasteiger partial charge in [-0.1, -0.05) is 24.3 Å². The Morgan fingerprint density at radius 3 is 2.29 bits per heavy atom. The highest BCUT2D eigenvalue weighted by Crippen LogP contribution is 2.18. The molecule has 2 rings (SSSR count). The molecule has 0 aromatic heterocycles. The Kier molecular flexibility index (Phi) is 7.63. The summed E-state index contributed by atoms with van der Waals surface area (Å²) < 4.78 is 25.0. The Hall–Kier alpha value is -2.80. The van der Waals surface area contributed by atoms with E-state index in [9.17, 15) is 13.2 Å². The molecule has 2 aromatic carbocycles. The summed E-state index contributed by atoms with van der Waals surface area (Å²) in [4.78, 5) is 14.4. The fourth-order valence-electron chi connectivity index (χ4n) is 2.76. The normalized spacial score (nSPS) is 10.9. The predicted octanol–water partition coefficient (Wildman–Crippen LogP) is 2.89.